The number of aliphatic hydroxyl groups excluding tert-OH is 1. The van der Waals surface area contributed by atoms with E-state index in [0.29, 0.717) is 0 Å². The molecule has 2 atom stereocenters. The molecular weight excluding hydrogens is 216 g/mol. The average Bonchev–Trinajstić information content (AvgIpc) is 2.52. The summed E-state index contributed by atoms with van der Waals surface area (Å²) < 4.78 is 5.42. The smallest absolute Gasteiger partial charge is 0.0662 e. The molecule has 2 aliphatic heterocycles. The molecule has 98 valence electrons. The van der Waals surface area contributed by atoms with Gasteiger partial charge in [-0.15, -0.1) is 0 Å². The standard InChI is InChI=1S/C13H24N2O2/c1-11-6-13(10-17-3)9-14(8-12(2)16)4-5-15(13)7-11/h12,16H,1,4-10H2,2-3H3/t12-,13-/m1/s1. The van der Waals surface area contributed by atoms with Crippen LogP contribution in [-0.2, 0) is 4.74 Å². The normalized spacial score (nSPS) is 32.8. The van der Waals surface area contributed by atoms with Gasteiger partial charge in [-0.1, -0.05) is 12.2 Å². The second-order valence-corrected chi connectivity index (χ2v) is 5.59. The van der Waals surface area contributed by atoms with E-state index in [4.69, 9.17) is 4.74 Å². The molecule has 0 aromatic carbocycles. The molecule has 2 rings (SSSR count). The predicted molar refractivity (Wildman–Crippen MR) is 68.1 cm³/mol. The monoisotopic (exact) mass is 240 g/mol. The number of hydrogen-bond donors (Lipinski definition) is 1. The third kappa shape index (κ3) is 2.71. The minimum atomic E-state index is -0.259. The molecule has 0 bridgehead atoms. The number of ether oxygens (including phenoxy) is 1. The number of aliphatic hydroxyl groups is 1. The van der Waals surface area contributed by atoms with Crippen LogP contribution in [0.1, 0.15) is 13.3 Å². The van der Waals surface area contributed by atoms with E-state index < -0.39 is 0 Å². The van der Waals surface area contributed by atoms with Crippen molar-refractivity contribution in [3.63, 3.8) is 0 Å². The van der Waals surface area contributed by atoms with Gasteiger partial charge in [0.15, 0.2) is 0 Å². The molecule has 17 heavy (non-hydrogen) atoms. The summed E-state index contributed by atoms with van der Waals surface area (Å²) in [5, 5.41) is 9.51. The fourth-order valence-corrected chi connectivity index (χ4v) is 3.29. The molecule has 4 heteroatoms. The predicted octanol–water partition coefficient (Wildman–Crippen LogP) is 0.330. The summed E-state index contributed by atoms with van der Waals surface area (Å²) in [6.45, 7) is 11.5. The highest BCUT2D eigenvalue weighted by Gasteiger charge is 2.46. The highest BCUT2D eigenvalue weighted by molar-refractivity contribution is 5.17. The van der Waals surface area contributed by atoms with Gasteiger partial charge in [0.1, 0.15) is 0 Å². The van der Waals surface area contributed by atoms with E-state index in [-0.39, 0.29) is 11.6 Å². The maximum Gasteiger partial charge on any atom is 0.0662 e. The van der Waals surface area contributed by atoms with Crippen molar-refractivity contribution in [2.75, 3.05) is 46.4 Å². The highest BCUT2D eigenvalue weighted by atomic mass is 16.5. The van der Waals surface area contributed by atoms with Crippen molar-refractivity contribution in [1.82, 2.24) is 9.80 Å². The SMILES string of the molecule is C=C1CN2CCN(C[C@@H](C)O)C[C@@]2(COC)C1. The molecular formula is C13H24N2O2. The number of fused-ring (bicyclic) bond motifs is 1. The summed E-state index contributed by atoms with van der Waals surface area (Å²) in [4.78, 5) is 4.84. The Morgan fingerprint density at radius 2 is 2.29 bits per heavy atom. The van der Waals surface area contributed by atoms with E-state index in [0.717, 1.165) is 45.8 Å². The van der Waals surface area contributed by atoms with Crippen molar-refractivity contribution in [3.8, 4) is 0 Å². The fraction of sp³-hybridized carbons (Fsp3) is 0.846. The lowest BCUT2D eigenvalue weighted by Gasteiger charge is -2.46. The van der Waals surface area contributed by atoms with Crippen molar-refractivity contribution in [3.05, 3.63) is 12.2 Å². The van der Waals surface area contributed by atoms with Crippen LogP contribution >= 0.6 is 0 Å². The first-order valence-corrected chi connectivity index (χ1v) is 6.37. The van der Waals surface area contributed by atoms with Crippen LogP contribution in [0.5, 0.6) is 0 Å². The second kappa shape index (κ2) is 5.06. The summed E-state index contributed by atoms with van der Waals surface area (Å²) in [6, 6.07) is 0. The van der Waals surface area contributed by atoms with Gasteiger partial charge in [0.05, 0.1) is 18.2 Å². The Balaban J connectivity index is 2.07. The van der Waals surface area contributed by atoms with Gasteiger partial charge in [-0.25, -0.2) is 0 Å². The van der Waals surface area contributed by atoms with Gasteiger partial charge in [-0.05, 0) is 13.3 Å². The number of β-amino-alcohol motifs (C(OH)–C–C–N with tert-alkyl or cyclic N) is 1. The van der Waals surface area contributed by atoms with Gasteiger partial charge < -0.3 is 9.84 Å². The molecule has 0 amide bonds. The molecule has 2 heterocycles. The van der Waals surface area contributed by atoms with E-state index >= 15 is 0 Å². The van der Waals surface area contributed by atoms with Crippen LogP contribution in [0.4, 0.5) is 0 Å². The zero-order valence-electron chi connectivity index (χ0n) is 11.0. The van der Waals surface area contributed by atoms with E-state index in [1.54, 1.807) is 7.11 Å². The maximum absolute atomic E-state index is 9.51. The number of hydrogen-bond acceptors (Lipinski definition) is 4. The Labute approximate surface area is 104 Å². The number of nitrogens with zero attached hydrogens (tertiary/aromatic N) is 2. The van der Waals surface area contributed by atoms with Crippen molar-refractivity contribution in [1.29, 1.82) is 0 Å². The van der Waals surface area contributed by atoms with Gasteiger partial charge >= 0.3 is 0 Å². The van der Waals surface area contributed by atoms with Crippen molar-refractivity contribution >= 4 is 0 Å². The van der Waals surface area contributed by atoms with Crippen LogP contribution in [0.3, 0.4) is 0 Å². The van der Waals surface area contributed by atoms with Crippen molar-refractivity contribution in [2.24, 2.45) is 0 Å². The van der Waals surface area contributed by atoms with Crippen LogP contribution < -0.4 is 0 Å². The van der Waals surface area contributed by atoms with Crippen LogP contribution in [0.25, 0.3) is 0 Å². The van der Waals surface area contributed by atoms with Crippen molar-refractivity contribution in [2.45, 2.75) is 25.0 Å². The lowest BCUT2D eigenvalue weighted by Crippen LogP contribution is -2.62. The van der Waals surface area contributed by atoms with Crippen LogP contribution in [0.15, 0.2) is 12.2 Å². The minimum absolute atomic E-state index is 0.0962. The van der Waals surface area contributed by atoms with E-state index in [1.807, 2.05) is 6.92 Å². The molecule has 0 aromatic heterocycles. The summed E-state index contributed by atoms with van der Waals surface area (Å²) in [5.41, 5.74) is 1.40. The Morgan fingerprint density at radius 3 is 2.94 bits per heavy atom. The number of rotatable bonds is 4. The molecule has 0 unspecified atom stereocenters. The average molecular weight is 240 g/mol. The first kappa shape index (κ1) is 13.0. The number of methoxy groups -OCH3 is 1. The molecule has 0 radical (unpaired) electrons. The topological polar surface area (TPSA) is 35.9 Å². The summed E-state index contributed by atoms with van der Waals surface area (Å²) in [7, 11) is 1.77. The third-order valence-electron chi connectivity index (χ3n) is 3.80. The molecule has 0 saturated carbocycles. The Kier molecular flexibility index (Phi) is 3.88. The number of piperazine rings is 1. The molecule has 1 N–H and O–H groups in total. The van der Waals surface area contributed by atoms with Gasteiger partial charge in [0, 0.05) is 39.8 Å². The maximum atomic E-state index is 9.51. The molecule has 2 aliphatic rings. The minimum Gasteiger partial charge on any atom is -0.392 e. The Hall–Kier alpha value is -0.420. The van der Waals surface area contributed by atoms with Crippen molar-refractivity contribution < 1.29 is 9.84 Å². The summed E-state index contributed by atoms with van der Waals surface area (Å²) >= 11 is 0. The van der Waals surface area contributed by atoms with Crippen LogP contribution in [0.2, 0.25) is 0 Å². The van der Waals surface area contributed by atoms with Gasteiger partial charge in [-0.2, -0.15) is 0 Å². The van der Waals surface area contributed by atoms with Crippen LogP contribution in [0, 0.1) is 0 Å². The Morgan fingerprint density at radius 1 is 1.53 bits per heavy atom. The third-order valence-corrected chi connectivity index (χ3v) is 3.80. The van der Waals surface area contributed by atoms with E-state index in [1.165, 1.54) is 5.57 Å². The molecule has 0 spiro atoms. The van der Waals surface area contributed by atoms with Gasteiger partial charge in [0.2, 0.25) is 0 Å². The largest absolute Gasteiger partial charge is 0.392 e. The van der Waals surface area contributed by atoms with Crippen LogP contribution in [-0.4, -0.2) is 73.0 Å². The molecule has 2 saturated heterocycles. The molecule has 4 nitrogen and oxygen atoms in total. The lowest BCUT2D eigenvalue weighted by atomic mass is 9.93. The Bertz CT molecular complexity index is 293. The second-order valence-electron chi connectivity index (χ2n) is 5.59. The summed E-state index contributed by atoms with van der Waals surface area (Å²) in [6.07, 6.45) is 0.766. The van der Waals surface area contributed by atoms with E-state index in [2.05, 4.69) is 16.4 Å². The first-order valence-electron chi connectivity index (χ1n) is 6.37. The van der Waals surface area contributed by atoms with E-state index in [9.17, 15) is 5.11 Å². The zero-order valence-corrected chi connectivity index (χ0v) is 11.0. The fourth-order valence-electron chi connectivity index (χ4n) is 3.29. The van der Waals surface area contributed by atoms with Gasteiger partial charge in [0.25, 0.3) is 0 Å². The quantitative estimate of drug-likeness (QED) is 0.718. The summed E-state index contributed by atoms with van der Waals surface area (Å²) in [5.74, 6) is 0. The first-order chi connectivity index (χ1) is 8.05. The lowest BCUT2D eigenvalue weighted by molar-refractivity contribution is -0.0327. The van der Waals surface area contributed by atoms with Gasteiger partial charge in [-0.3, -0.25) is 9.80 Å². The molecule has 0 aliphatic carbocycles. The highest BCUT2D eigenvalue weighted by Crippen LogP contribution is 2.35. The molecule has 2 fully saturated rings. The zero-order chi connectivity index (χ0) is 12.5. The molecule has 0 aromatic rings.